The number of aromatic nitrogens is 3. The van der Waals surface area contributed by atoms with Gasteiger partial charge in [0.15, 0.2) is 5.13 Å². The van der Waals surface area contributed by atoms with E-state index >= 15 is 0 Å². The highest BCUT2D eigenvalue weighted by Gasteiger charge is 2.18. The van der Waals surface area contributed by atoms with Crippen LogP contribution in [0.25, 0.3) is 0 Å². The normalized spacial score (nSPS) is 10.5. The number of thiazole rings is 1. The third-order valence-electron chi connectivity index (χ3n) is 3.20. The van der Waals surface area contributed by atoms with Crippen molar-refractivity contribution in [3.8, 4) is 5.88 Å². The Kier molecular flexibility index (Phi) is 5.49. The molecule has 1 N–H and O–H groups in total. The first-order valence-corrected chi connectivity index (χ1v) is 8.14. The number of rotatable bonds is 6. The van der Waals surface area contributed by atoms with E-state index in [-0.39, 0.29) is 5.97 Å². The number of aryl methyl sites for hydroxylation is 2. The van der Waals surface area contributed by atoms with Crippen molar-refractivity contribution < 1.29 is 14.3 Å². The third-order valence-corrected chi connectivity index (χ3v) is 4.25. The lowest BCUT2D eigenvalue weighted by atomic mass is 10.2. The molecule has 2 aromatic heterocycles. The van der Waals surface area contributed by atoms with Gasteiger partial charge in [-0.25, -0.2) is 14.8 Å². The SMILES string of the molecule is CCOC(=O)c1sc(Nc2nc(C)c(CC)c(OC)n2)nc1C. The molecule has 7 nitrogen and oxygen atoms in total. The summed E-state index contributed by atoms with van der Waals surface area (Å²) in [7, 11) is 1.58. The van der Waals surface area contributed by atoms with Gasteiger partial charge in [0.25, 0.3) is 0 Å². The molecule has 0 aliphatic rings. The van der Waals surface area contributed by atoms with Gasteiger partial charge in [0.05, 0.1) is 19.4 Å². The topological polar surface area (TPSA) is 86.2 Å². The summed E-state index contributed by atoms with van der Waals surface area (Å²) >= 11 is 1.21. The van der Waals surface area contributed by atoms with Crippen LogP contribution in [0.15, 0.2) is 0 Å². The zero-order chi connectivity index (χ0) is 17.0. The van der Waals surface area contributed by atoms with E-state index in [0.29, 0.717) is 34.1 Å². The largest absolute Gasteiger partial charge is 0.481 e. The molecule has 0 aliphatic heterocycles. The zero-order valence-electron chi connectivity index (χ0n) is 13.9. The van der Waals surface area contributed by atoms with E-state index in [4.69, 9.17) is 9.47 Å². The molecule has 0 amide bonds. The highest BCUT2D eigenvalue weighted by Crippen LogP contribution is 2.27. The van der Waals surface area contributed by atoms with Gasteiger partial charge in [-0.2, -0.15) is 4.98 Å². The highest BCUT2D eigenvalue weighted by molar-refractivity contribution is 7.17. The van der Waals surface area contributed by atoms with Crippen molar-refractivity contribution in [2.45, 2.75) is 34.1 Å². The Morgan fingerprint density at radius 1 is 1.17 bits per heavy atom. The fraction of sp³-hybridized carbons (Fsp3) is 0.467. The molecule has 23 heavy (non-hydrogen) atoms. The summed E-state index contributed by atoms with van der Waals surface area (Å²) in [5.41, 5.74) is 2.44. The minimum atomic E-state index is -0.369. The average Bonchev–Trinajstić information content (AvgIpc) is 2.87. The maximum atomic E-state index is 11.8. The molecule has 0 fully saturated rings. The molecule has 2 heterocycles. The summed E-state index contributed by atoms with van der Waals surface area (Å²) in [5, 5.41) is 3.56. The predicted octanol–water partition coefficient (Wildman–Crippen LogP) is 3.04. The number of hydrogen-bond acceptors (Lipinski definition) is 8. The van der Waals surface area contributed by atoms with Crippen LogP contribution in [0.4, 0.5) is 11.1 Å². The number of nitrogens with zero attached hydrogens (tertiary/aromatic N) is 3. The second kappa shape index (κ2) is 7.36. The van der Waals surface area contributed by atoms with Gasteiger partial charge in [-0.05, 0) is 27.2 Å². The van der Waals surface area contributed by atoms with Crippen LogP contribution in [0.5, 0.6) is 5.88 Å². The molecule has 2 rings (SSSR count). The summed E-state index contributed by atoms with van der Waals surface area (Å²) in [4.78, 5) is 25.4. The Hall–Kier alpha value is -2.22. The van der Waals surface area contributed by atoms with Gasteiger partial charge < -0.3 is 9.47 Å². The van der Waals surface area contributed by atoms with Crippen LogP contribution in [0, 0.1) is 13.8 Å². The molecule has 0 aliphatic carbocycles. The van der Waals surface area contributed by atoms with Crippen LogP contribution in [0.1, 0.15) is 40.5 Å². The molecule has 0 bridgehead atoms. The van der Waals surface area contributed by atoms with Crippen LogP contribution in [0.3, 0.4) is 0 Å². The van der Waals surface area contributed by atoms with Gasteiger partial charge in [0.2, 0.25) is 11.8 Å². The van der Waals surface area contributed by atoms with E-state index in [1.165, 1.54) is 11.3 Å². The molecular weight excluding hydrogens is 316 g/mol. The first-order chi connectivity index (χ1) is 11.0. The fourth-order valence-corrected chi connectivity index (χ4v) is 2.99. The van der Waals surface area contributed by atoms with Crippen molar-refractivity contribution in [2.24, 2.45) is 0 Å². The van der Waals surface area contributed by atoms with Gasteiger partial charge in [-0.3, -0.25) is 5.32 Å². The molecular formula is C15H20N4O3S. The number of hydrogen-bond donors (Lipinski definition) is 1. The Labute approximate surface area is 139 Å². The lowest BCUT2D eigenvalue weighted by Gasteiger charge is -2.10. The van der Waals surface area contributed by atoms with E-state index < -0.39 is 0 Å². The van der Waals surface area contributed by atoms with Crippen LogP contribution >= 0.6 is 11.3 Å². The third kappa shape index (κ3) is 3.76. The predicted molar refractivity (Wildman–Crippen MR) is 88.8 cm³/mol. The van der Waals surface area contributed by atoms with Gasteiger partial charge in [0, 0.05) is 11.3 Å². The standard InChI is InChI=1S/C15H20N4O3S/c1-6-10-8(3)16-14(18-12(10)21-5)19-15-17-9(4)11(23-15)13(20)22-7-2/h6-7H2,1-5H3,(H,16,17,18,19). The number of methoxy groups -OCH3 is 1. The number of esters is 1. The Morgan fingerprint density at radius 3 is 2.52 bits per heavy atom. The first-order valence-electron chi connectivity index (χ1n) is 7.33. The minimum Gasteiger partial charge on any atom is -0.481 e. The molecule has 0 aromatic carbocycles. The van der Waals surface area contributed by atoms with Crippen LogP contribution in [0.2, 0.25) is 0 Å². The van der Waals surface area contributed by atoms with Gasteiger partial charge in [-0.1, -0.05) is 18.3 Å². The Morgan fingerprint density at radius 2 is 1.91 bits per heavy atom. The van der Waals surface area contributed by atoms with Gasteiger partial charge in [0.1, 0.15) is 4.88 Å². The van der Waals surface area contributed by atoms with Crippen LogP contribution < -0.4 is 10.1 Å². The number of carbonyl (C=O) groups is 1. The van der Waals surface area contributed by atoms with Crippen molar-refractivity contribution >= 4 is 28.4 Å². The lowest BCUT2D eigenvalue weighted by molar-refractivity contribution is 0.0531. The summed E-state index contributed by atoms with van der Waals surface area (Å²) in [6.07, 6.45) is 0.790. The van der Waals surface area contributed by atoms with E-state index in [1.807, 2.05) is 13.8 Å². The molecule has 0 saturated heterocycles. The summed E-state index contributed by atoms with van der Waals surface area (Å²) < 4.78 is 10.3. The van der Waals surface area contributed by atoms with Crippen molar-refractivity contribution in [3.05, 3.63) is 21.8 Å². The smallest absolute Gasteiger partial charge is 0.350 e. The monoisotopic (exact) mass is 336 g/mol. The maximum Gasteiger partial charge on any atom is 0.350 e. The zero-order valence-corrected chi connectivity index (χ0v) is 14.7. The van der Waals surface area contributed by atoms with Gasteiger partial charge in [-0.15, -0.1) is 0 Å². The summed E-state index contributed by atoms with van der Waals surface area (Å²) in [6, 6.07) is 0. The maximum absolute atomic E-state index is 11.8. The van der Waals surface area contributed by atoms with E-state index in [2.05, 4.69) is 20.3 Å². The Bertz CT molecular complexity index is 715. The summed E-state index contributed by atoms with van der Waals surface area (Å²) in [5.74, 6) is 0.564. The second-order valence-corrected chi connectivity index (χ2v) is 5.75. The number of anilines is 2. The number of carbonyl (C=O) groups excluding carboxylic acids is 1. The molecule has 8 heteroatoms. The molecule has 2 aromatic rings. The van der Waals surface area contributed by atoms with E-state index in [9.17, 15) is 4.79 Å². The molecule has 0 radical (unpaired) electrons. The van der Waals surface area contributed by atoms with Crippen molar-refractivity contribution in [3.63, 3.8) is 0 Å². The molecule has 0 atom stereocenters. The van der Waals surface area contributed by atoms with Crippen molar-refractivity contribution in [1.82, 2.24) is 15.0 Å². The average molecular weight is 336 g/mol. The van der Waals surface area contributed by atoms with E-state index in [1.54, 1.807) is 21.0 Å². The minimum absolute atomic E-state index is 0.330. The highest BCUT2D eigenvalue weighted by atomic mass is 32.1. The molecule has 0 spiro atoms. The second-order valence-electron chi connectivity index (χ2n) is 4.75. The van der Waals surface area contributed by atoms with Crippen molar-refractivity contribution in [1.29, 1.82) is 0 Å². The molecule has 0 unspecified atom stereocenters. The van der Waals surface area contributed by atoms with Crippen LogP contribution in [-0.2, 0) is 11.2 Å². The Balaban J connectivity index is 2.28. The molecule has 0 saturated carbocycles. The number of ether oxygens (including phenoxy) is 2. The van der Waals surface area contributed by atoms with Crippen LogP contribution in [-0.4, -0.2) is 34.6 Å². The van der Waals surface area contributed by atoms with E-state index in [0.717, 1.165) is 17.7 Å². The number of nitrogens with one attached hydrogen (secondary N) is 1. The van der Waals surface area contributed by atoms with Gasteiger partial charge >= 0.3 is 5.97 Å². The lowest BCUT2D eigenvalue weighted by Crippen LogP contribution is -2.05. The first kappa shape index (κ1) is 17.1. The van der Waals surface area contributed by atoms with Crippen molar-refractivity contribution in [2.75, 3.05) is 19.0 Å². The summed E-state index contributed by atoms with van der Waals surface area (Å²) in [6.45, 7) is 7.80. The quantitative estimate of drug-likeness (QED) is 0.811. The fourth-order valence-electron chi connectivity index (χ4n) is 2.13. The molecule has 124 valence electrons.